The number of thiazole rings is 1. The number of aromatic nitrogens is 2. The van der Waals surface area contributed by atoms with E-state index in [0.29, 0.717) is 42.8 Å². The van der Waals surface area contributed by atoms with Crippen molar-refractivity contribution in [2.24, 2.45) is 7.05 Å². The number of amides is 1. The molecule has 38 heavy (non-hydrogen) atoms. The van der Waals surface area contributed by atoms with Gasteiger partial charge >= 0.3 is 5.97 Å². The molecule has 7 nitrogen and oxygen atoms in total. The van der Waals surface area contributed by atoms with Crippen molar-refractivity contribution in [2.45, 2.75) is 0 Å². The monoisotopic (exact) mass is 563 g/mol. The molecule has 0 aliphatic carbocycles. The zero-order chi connectivity index (χ0) is 26.8. The summed E-state index contributed by atoms with van der Waals surface area (Å²) in [5.41, 5.74) is 2.39. The van der Waals surface area contributed by atoms with Crippen LogP contribution in [0.15, 0.2) is 83.0 Å². The van der Waals surface area contributed by atoms with E-state index < -0.39 is 18.5 Å². The normalized spacial score (nSPS) is 10.9. The maximum atomic E-state index is 13.3. The number of benzene rings is 3. The number of ether oxygens (including phenoxy) is 1. The molecular weight excluding hydrogens is 545 g/mol. The molecule has 0 unspecified atom stereocenters. The average molecular weight is 564 g/mol. The number of hydrogen-bond donors (Lipinski definition) is 1. The third-order valence-electron chi connectivity index (χ3n) is 5.85. The quantitative estimate of drug-likeness (QED) is 0.240. The van der Waals surface area contributed by atoms with E-state index in [1.54, 1.807) is 66.0 Å². The lowest BCUT2D eigenvalue weighted by atomic mass is 9.97. The number of nitrogens with one attached hydrogen (secondary N) is 1. The van der Waals surface area contributed by atoms with Crippen molar-refractivity contribution in [3.05, 3.63) is 104 Å². The van der Waals surface area contributed by atoms with Crippen molar-refractivity contribution in [3.8, 4) is 22.4 Å². The summed E-state index contributed by atoms with van der Waals surface area (Å²) in [6.45, 7) is -0.560. The van der Waals surface area contributed by atoms with Gasteiger partial charge in [0.15, 0.2) is 11.7 Å². The number of anilines is 1. The molecule has 0 saturated carbocycles. The van der Waals surface area contributed by atoms with Crippen LogP contribution in [0.3, 0.4) is 0 Å². The minimum Gasteiger partial charge on any atom is -0.451 e. The smallest absolute Gasteiger partial charge is 0.356 e. The molecule has 5 aromatic rings. The number of esters is 1. The van der Waals surface area contributed by atoms with Crippen LogP contribution in [-0.4, -0.2) is 28.0 Å². The number of hydrogen-bond acceptors (Lipinski definition) is 6. The summed E-state index contributed by atoms with van der Waals surface area (Å²) in [4.78, 5) is 43.3. The highest BCUT2D eigenvalue weighted by Crippen LogP contribution is 2.32. The Bertz CT molecular complexity index is 1730. The molecule has 0 spiro atoms. The van der Waals surface area contributed by atoms with Crippen LogP contribution in [0.1, 0.15) is 10.5 Å². The first-order valence-electron chi connectivity index (χ1n) is 11.4. The molecule has 1 amide bonds. The summed E-state index contributed by atoms with van der Waals surface area (Å²) in [5.74, 6) is -1.37. The van der Waals surface area contributed by atoms with E-state index >= 15 is 0 Å². The number of nitrogens with zero attached hydrogens (tertiary/aromatic N) is 2. The maximum Gasteiger partial charge on any atom is 0.356 e. The fraction of sp³-hybridized carbons (Fsp3) is 0.0714. The molecule has 190 valence electrons. The van der Waals surface area contributed by atoms with Gasteiger partial charge in [-0.3, -0.25) is 14.9 Å². The Hall–Kier alpha value is -3.98. The summed E-state index contributed by atoms with van der Waals surface area (Å²) >= 11 is 13.2. The van der Waals surface area contributed by atoms with E-state index in [1.165, 1.54) is 23.0 Å². The van der Waals surface area contributed by atoms with E-state index in [1.807, 2.05) is 12.1 Å². The molecule has 0 aliphatic rings. The first-order valence-corrected chi connectivity index (χ1v) is 13.0. The van der Waals surface area contributed by atoms with Crippen molar-refractivity contribution in [2.75, 3.05) is 11.9 Å². The van der Waals surface area contributed by atoms with Gasteiger partial charge in [0.2, 0.25) is 0 Å². The van der Waals surface area contributed by atoms with Gasteiger partial charge in [0.1, 0.15) is 5.69 Å². The van der Waals surface area contributed by atoms with Crippen molar-refractivity contribution >= 4 is 62.3 Å². The zero-order valence-corrected chi connectivity index (χ0v) is 22.2. The van der Waals surface area contributed by atoms with E-state index in [9.17, 15) is 14.4 Å². The van der Waals surface area contributed by atoms with Crippen molar-refractivity contribution in [1.82, 2.24) is 9.55 Å². The highest BCUT2D eigenvalue weighted by molar-refractivity contribution is 7.14. The van der Waals surface area contributed by atoms with Crippen molar-refractivity contribution < 1.29 is 14.3 Å². The van der Waals surface area contributed by atoms with Crippen LogP contribution in [0.4, 0.5) is 5.13 Å². The van der Waals surface area contributed by atoms with Gasteiger partial charge in [-0.25, -0.2) is 9.78 Å². The lowest BCUT2D eigenvalue weighted by Gasteiger charge is -2.16. The highest BCUT2D eigenvalue weighted by Gasteiger charge is 2.24. The molecule has 10 heteroatoms. The van der Waals surface area contributed by atoms with Crippen LogP contribution >= 0.6 is 34.5 Å². The maximum absolute atomic E-state index is 13.3. The Balaban J connectivity index is 1.39. The Morgan fingerprint density at radius 3 is 2.18 bits per heavy atom. The lowest BCUT2D eigenvalue weighted by Crippen LogP contribution is -2.28. The average Bonchev–Trinajstić information content (AvgIpc) is 3.38. The van der Waals surface area contributed by atoms with Gasteiger partial charge in [0.25, 0.3) is 11.5 Å². The van der Waals surface area contributed by atoms with Crippen LogP contribution in [0.25, 0.3) is 33.2 Å². The summed E-state index contributed by atoms with van der Waals surface area (Å²) in [5, 5.41) is 6.99. The molecule has 0 saturated heterocycles. The van der Waals surface area contributed by atoms with Crippen LogP contribution in [0.5, 0.6) is 0 Å². The van der Waals surface area contributed by atoms with Crippen molar-refractivity contribution in [3.63, 3.8) is 0 Å². The topological polar surface area (TPSA) is 90.3 Å². The summed E-state index contributed by atoms with van der Waals surface area (Å²) in [6.07, 6.45) is 0. The van der Waals surface area contributed by atoms with Gasteiger partial charge in [-0.15, -0.1) is 11.3 Å². The summed E-state index contributed by atoms with van der Waals surface area (Å²) in [7, 11) is 1.50. The second kappa shape index (κ2) is 10.8. The van der Waals surface area contributed by atoms with Gasteiger partial charge in [-0.1, -0.05) is 65.7 Å². The molecule has 0 aliphatic heterocycles. The van der Waals surface area contributed by atoms with E-state index in [-0.39, 0.29) is 11.3 Å². The van der Waals surface area contributed by atoms with Gasteiger partial charge < -0.3 is 9.30 Å². The van der Waals surface area contributed by atoms with Gasteiger partial charge in [0, 0.05) is 39.0 Å². The van der Waals surface area contributed by atoms with Gasteiger partial charge in [-0.05, 0) is 41.3 Å². The van der Waals surface area contributed by atoms with Crippen LogP contribution < -0.4 is 10.9 Å². The molecule has 0 fully saturated rings. The minimum atomic E-state index is -0.809. The first kappa shape index (κ1) is 25.7. The number of rotatable bonds is 6. The molecule has 2 aromatic heterocycles. The predicted octanol–water partition coefficient (Wildman–Crippen LogP) is 6.43. The molecule has 0 atom stereocenters. The SMILES string of the molecule is Cn1c(C(=O)OCC(=O)Nc2nc(-c3ccc(Cl)cc3)cs2)c(-c2ccc(Cl)cc2)c2ccccc2c1=O. The van der Waals surface area contributed by atoms with E-state index in [0.717, 1.165) is 5.56 Å². The summed E-state index contributed by atoms with van der Waals surface area (Å²) in [6, 6.07) is 21.1. The van der Waals surface area contributed by atoms with Crippen molar-refractivity contribution in [1.29, 1.82) is 0 Å². The Morgan fingerprint density at radius 1 is 0.921 bits per heavy atom. The highest BCUT2D eigenvalue weighted by atomic mass is 35.5. The molecule has 2 heterocycles. The van der Waals surface area contributed by atoms with Gasteiger partial charge in [-0.2, -0.15) is 0 Å². The summed E-state index contributed by atoms with van der Waals surface area (Å²) < 4.78 is 6.60. The Kier molecular flexibility index (Phi) is 7.28. The van der Waals surface area contributed by atoms with E-state index in [4.69, 9.17) is 27.9 Å². The number of pyridine rings is 1. The van der Waals surface area contributed by atoms with Crippen LogP contribution in [0, 0.1) is 0 Å². The third-order valence-corrected chi connectivity index (χ3v) is 7.12. The Labute approximate surface area is 231 Å². The number of fused-ring (bicyclic) bond motifs is 1. The number of carbonyl (C=O) groups excluding carboxylic acids is 2. The van der Waals surface area contributed by atoms with E-state index in [2.05, 4.69) is 10.3 Å². The van der Waals surface area contributed by atoms with Crippen LogP contribution in [0.2, 0.25) is 10.0 Å². The lowest BCUT2D eigenvalue weighted by molar-refractivity contribution is -0.119. The molecule has 1 N–H and O–H groups in total. The second-order valence-electron chi connectivity index (χ2n) is 8.31. The molecular formula is C28H19Cl2N3O4S. The predicted molar refractivity (Wildman–Crippen MR) is 151 cm³/mol. The first-order chi connectivity index (χ1) is 18.3. The fourth-order valence-electron chi connectivity index (χ4n) is 4.05. The fourth-order valence-corrected chi connectivity index (χ4v) is 5.04. The molecule has 0 bridgehead atoms. The largest absolute Gasteiger partial charge is 0.451 e. The van der Waals surface area contributed by atoms with Gasteiger partial charge in [0.05, 0.1) is 5.69 Å². The van der Waals surface area contributed by atoms with Crippen LogP contribution in [-0.2, 0) is 16.6 Å². The standard InChI is InChI=1S/C28H19Cl2N3O4S/c1-33-25(24(17-8-12-19(30)13-9-17)20-4-2-3-5-21(20)26(33)35)27(36)37-14-23(34)32-28-31-22(15-38-28)16-6-10-18(29)11-7-16/h2-13,15H,14H2,1H3,(H,31,32,34). The molecule has 3 aromatic carbocycles. The molecule has 0 radical (unpaired) electrons. The second-order valence-corrected chi connectivity index (χ2v) is 10.0. The number of carbonyl (C=O) groups is 2. The molecule has 5 rings (SSSR count). The number of halogens is 2. The zero-order valence-electron chi connectivity index (χ0n) is 19.9. The Morgan fingerprint density at radius 2 is 1.53 bits per heavy atom. The third kappa shape index (κ3) is 5.19. The minimum absolute atomic E-state index is 0.0306.